The highest BCUT2D eigenvalue weighted by Crippen LogP contribution is 2.42. The van der Waals surface area contributed by atoms with Crippen molar-refractivity contribution in [3.8, 4) is 28.1 Å². The first kappa shape index (κ1) is 24.7. The van der Waals surface area contributed by atoms with Gasteiger partial charge < -0.3 is 9.63 Å². The summed E-state index contributed by atoms with van der Waals surface area (Å²) in [7, 11) is 0. The molecular formula is C30H26N4O4. The van der Waals surface area contributed by atoms with Crippen molar-refractivity contribution in [2.24, 2.45) is 0 Å². The Bertz CT molecular complexity index is 1630. The molecule has 0 aliphatic carbocycles. The van der Waals surface area contributed by atoms with Crippen molar-refractivity contribution >= 4 is 17.8 Å². The average molecular weight is 507 g/mol. The van der Waals surface area contributed by atoms with Crippen LogP contribution in [0.15, 0.2) is 83.4 Å². The van der Waals surface area contributed by atoms with Crippen LogP contribution in [-0.2, 0) is 6.42 Å². The standard InChI is InChI=1S/C30H26N4O4/c1-4-20-14-16-21(17-15-20)28(35)31-29-26(23-12-8-9-13-24(23)30(36)37)27(33-38-29)25-18(2)32-34(19(25)3)22-10-6-5-7-11-22/h5-17H,4H2,1-3H3,(H,31,35)(H,36,37). The van der Waals surface area contributed by atoms with E-state index in [1.54, 1.807) is 35.0 Å². The molecule has 1 amide bonds. The minimum absolute atomic E-state index is 0.0597. The Balaban J connectivity index is 1.67. The van der Waals surface area contributed by atoms with Gasteiger partial charge in [0.1, 0.15) is 5.69 Å². The highest BCUT2D eigenvalue weighted by atomic mass is 16.5. The van der Waals surface area contributed by atoms with Crippen LogP contribution in [0.4, 0.5) is 5.88 Å². The van der Waals surface area contributed by atoms with Gasteiger partial charge in [0, 0.05) is 16.7 Å². The topological polar surface area (TPSA) is 110 Å². The second-order valence-corrected chi connectivity index (χ2v) is 8.88. The van der Waals surface area contributed by atoms with Crippen molar-refractivity contribution in [1.82, 2.24) is 14.9 Å². The number of aromatic carboxylic acids is 1. The summed E-state index contributed by atoms with van der Waals surface area (Å²) in [6, 6.07) is 23.5. The summed E-state index contributed by atoms with van der Waals surface area (Å²) in [6.07, 6.45) is 0.860. The SMILES string of the molecule is CCc1ccc(C(=O)Nc2onc(-c3c(C)nn(-c4ccccc4)c3C)c2-c2ccccc2C(=O)O)cc1. The summed E-state index contributed by atoms with van der Waals surface area (Å²) in [4.78, 5) is 25.3. The number of rotatable bonds is 7. The van der Waals surface area contributed by atoms with E-state index in [4.69, 9.17) is 9.62 Å². The third-order valence-corrected chi connectivity index (χ3v) is 6.50. The fraction of sp³-hybridized carbons (Fsp3) is 0.133. The van der Waals surface area contributed by atoms with E-state index < -0.39 is 11.9 Å². The molecule has 0 aliphatic rings. The summed E-state index contributed by atoms with van der Waals surface area (Å²) >= 11 is 0. The number of nitrogens with one attached hydrogen (secondary N) is 1. The van der Waals surface area contributed by atoms with Crippen LogP contribution in [0.2, 0.25) is 0 Å². The van der Waals surface area contributed by atoms with Gasteiger partial charge in [-0.15, -0.1) is 0 Å². The summed E-state index contributed by atoms with van der Waals surface area (Å²) in [5.41, 5.74) is 5.81. The Labute approximate surface area is 219 Å². The first-order valence-corrected chi connectivity index (χ1v) is 12.2. The zero-order valence-electron chi connectivity index (χ0n) is 21.2. The number of aryl methyl sites for hydroxylation is 2. The van der Waals surface area contributed by atoms with E-state index in [0.717, 1.165) is 23.4 Å². The Kier molecular flexibility index (Phi) is 6.62. The zero-order valence-corrected chi connectivity index (χ0v) is 21.2. The molecule has 0 aliphatic heterocycles. The van der Waals surface area contributed by atoms with Crippen molar-refractivity contribution in [3.05, 3.63) is 107 Å². The van der Waals surface area contributed by atoms with Crippen LogP contribution >= 0.6 is 0 Å². The predicted molar refractivity (Wildman–Crippen MR) is 145 cm³/mol. The van der Waals surface area contributed by atoms with E-state index in [-0.39, 0.29) is 11.4 Å². The fourth-order valence-corrected chi connectivity index (χ4v) is 4.56. The number of benzene rings is 3. The van der Waals surface area contributed by atoms with Gasteiger partial charge in [-0.1, -0.05) is 60.6 Å². The molecule has 190 valence electrons. The summed E-state index contributed by atoms with van der Waals surface area (Å²) < 4.78 is 7.49. The third kappa shape index (κ3) is 4.48. The number of amides is 1. The summed E-state index contributed by atoms with van der Waals surface area (Å²) in [5, 5.41) is 21.8. The molecule has 0 saturated carbocycles. The number of para-hydroxylation sites is 1. The number of nitrogens with zero attached hydrogens (tertiary/aromatic N) is 3. The maximum Gasteiger partial charge on any atom is 0.336 e. The third-order valence-electron chi connectivity index (χ3n) is 6.50. The molecule has 2 heterocycles. The lowest BCUT2D eigenvalue weighted by Gasteiger charge is -2.10. The average Bonchev–Trinajstić information content (AvgIpc) is 3.47. The number of hydrogen-bond acceptors (Lipinski definition) is 5. The Morgan fingerprint density at radius 3 is 2.29 bits per heavy atom. The number of hydrogen-bond donors (Lipinski definition) is 2. The molecule has 0 fully saturated rings. The second kappa shape index (κ2) is 10.2. The highest BCUT2D eigenvalue weighted by molar-refractivity contribution is 6.08. The van der Waals surface area contributed by atoms with Gasteiger partial charge in [0.15, 0.2) is 0 Å². The second-order valence-electron chi connectivity index (χ2n) is 8.88. The first-order chi connectivity index (χ1) is 18.4. The van der Waals surface area contributed by atoms with Crippen molar-refractivity contribution < 1.29 is 19.2 Å². The number of carbonyl (C=O) groups is 2. The van der Waals surface area contributed by atoms with Gasteiger partial charge in [0.25, 0.3) is 5.91 Å². The van der Waals surface area contributed by atoms with Crippen LogP contribution in [0.25, 0.3) is 28.1 Å². The molecule has 2 aromatic heterocycles. The van der Waals surface area contributed by atoms with E-state index in [1.807, 2.05) is 63.2 Å². The molecular weight excluding hydrogens is 480 g/mol. The molecule has 8 nitrogen and oxygen atoms in total. The lowest BCUT2D eigenvalue weighted by atomic mass is 9.95. The van der Waals surface area contributed by atoms with E-state index in [1.165, 1.54) is 6.07 Å². The molecule has 3 aromatic carbocycles. The van der Waals surface area contributed by atoms with E-state index in [2.05, 4.69) is 10.5 Å². The molecule has 0 spiro atoms. The van der Waals surface area contributed by atoms with Crippen LogP contribution < -0.4 is 5.32 Å². The van der Waals surface area contributed by atoms with Gasteiger partial charge in [0.2, 0.25) is 5.88 Å². The number of carboxylic acids is 1. The molecule has 5 rings (SSSR count). The molecule has 0 atom stereocenters. The van der Waals surface area contributed by atoms with Gasteiger partial charge in [-0.3, -0.25) is 10.1 Å². The van der Waals surface area contributed by atoms with E-state index >= 15 is 0 Å². The largest absolute Gasteiger partial charge is 0.478 e. The van der Waals surface area contributed by atoms with E-state index in [9.17, 15) is 14.7 Å². The number of carbonyl (C=O) groups excluding carboxylic acids is 1. The van der Waals surface area contributed by atoms with Gasteiger partial charge in [0.05, 0.1) is 28.2 Å². The van der Waals surface area contributed by atoms with Gasteiger partial charge in [-0.05, 0) is 56.2 Å². The normalized spacial score (nSPS) is 10.9. The van der Waals surface area contributed by atoms with Crippen LogP contribution in [0.5, 0.6) is 0 Å². The van der Waals surface area contributed by atoms with Crippen molar-refractivity contribution in [1.29, 1.82) is 0 Å². The minimum atomic E-state index is -1.10. The highest BCUT2D eigenvalue weighted by Gasteiger charge is 2.28. The van der Waals surface area contributed by atoms with E-state index in [0.29, 0.717) is 33.6 Å². The van der Waals surface area contributed by atoms with Gasteiger partial charge in [-0.2, -0.15) is 5.10 Å². The van der Waals surface area contributed by atoms with Crippen LogP contribution in [0.1, 0.15) is 44.6 Å². The molecule has 0 bridgehead atoms. The fourth-order valence-electron chi connectivity index (χ4n) is 4.56. The quantitative estimate of drug-likeness (QED) is 0.267. The Hall–Kier alpha value is -4.98. The lowest BCUT2D eigenvalue weighted by molar-refractivity contribution is 0.0697. The number of anilines is 1. The Morgan fingerprint density at radius 1 is 0.921 bits per heavy atom. The first-order valence-electron chi connectivity index (χ1n) is 12.2. The molecule has 0 radical (unpaired) electrons. The minimum Gasteiger partial charge on any atom is -0.478 e. The summed E-state index contributed by atoms with van der Waals surface area (Å²) in [5.74, 6) is -1.43. The smallest absolute Gasteiger partial charge is 0.336 e. The maximum atomic E-state index is 13.2. The maximum absolute atomic E-state index is 13.2. The predicted octanol–water partition coefficient (Wildman–Crippen LogP) is 6.32. The molecule has 2 N–H and O–H groups in total. The van der Waals surface area contributed by atoms with Crippen LogP contribution in [0.3, 0.4) is 0 Å². The molecule has 0 saturated heterocycles. The molecule has 5 aromatic rings. The zero-order chi connectivity index (χ0) is 26.8. The van der Waals surface area contributed by atoms with Gasteiger partial charge in [-0.25, -0.2) is 9.48 Å². The lowest BCUT2D eigenvalue weighted by Crippen LogP contribution is -2.12. The molecule has 8 heteroatoms. The molecule has 0 unspecified atom stereocenters. The van der Waals surface area contributed by atoms with Crippen molar-refractivity contribution in [3.63, 3.8) is 0 Å². The van der Waals surface area contributed by atoms with Crippen molar-refractivity contribution in [2.75, 3.05) is 5.32 Å². The van der Waals surface area contributed by atoms with Crippen LogP contribution in [0, 0.1) is 13.8 Å². The van der Waals surface area contributed by atoms with Gasteiger partial charge >= 0.3 is 5.97 Å². The number of aromatic nitrogens is 3. The Morgan fingerprint density at radius 2 is 1.61 bits per heavy atom. The monoisotopic (exact) mass is 506 g/mol. The van der Waals surface area contributed by atoms with Crippen LogP contribution in [-0.4, -0.2) is 31.9 Å². The van der Waals surface area contributed by atoms with Crippen molar-refractivity contribution in [2.45, 2.75) is 27.2 Å². The summed E-state index contributed by atoms with van der Waals surface area (Å²) in [6.45, 7) is 5.81. The molecule has 38 heavy (non-hydrogen) atoms. The number of carboxylic acid groups (broad SMARTS) is 1.